The van der Waals surface area contributed by atoms with Crippen molar-refractivity contribution >= 4 is 29.2 Å². The Morgan fingerprint density at radius 2 is 1.67 bits per heavy atom. The molecular formula is C29H30F3N3O7. The van der Waals surface area contributed by atoms with Gasteiger partial charge in [0.2, 0.25) is 0 Å². The van der Waals surface area contributed by atoms with Crippen LogP contribution in [0.4, 0.5) is 29.3 Å². The number of benzene rings is 3. The number of para-hydroxylation sites is 1. The summed E-state index contributed by atoms with van der Waals surface area (Å²) < 4.78 is 44.1. The molecule has 0 saturated heterocycles. The lowest BCUT2D eigenvalue weighted by Crippen LogP contribution is -2.41. The summed E-state index contributed by atoms with van der Waals surface area (Å²) in [4.78, 5) is 40.4. The van der Waals surface area contributed by atoms with E-state index in [9.17, 15) is 37.8 Å². The first kappa shape index (κ1) is 32.1. The fraction of sp³-hybridized carbons (Fsp3) is 0.276. The highest BCUT2D eigenvalue weighted by Crippen LogP contribution is 2.23. The Morgan fingerprint density at radius 3 is 2.29 bits per heavy atom. The molecule has 3 rings (SSSR count). The Hall–Kier alpha value is -4.46. The molecule has 0 radical (unpaired) electrons. The number of amides is 2. The van der Waals surface area contributed by atoms with Gasteiger partial charge in [-0.15, -0.1) is 5.06 Å². The Labute approximate surface area is 239 Å². The highest BCUT2D eigenvalue weighted by molar-refractivity contribution is 6.03. The predicted molar refractivity (Wildman–Crippen MR) is 147 cm³/mol. The number of alkyl halides is 3. The maximum atomic E-state index is 12.9. The molecule has 42 heavy (non-hydrogen) atoms. The summed E-state index contributed by atoms with van der Waals surface area (Å²) in [6.45, 7) is 1.21. The normalized spacial score (nSPS) is 12.6. The molecule has 0 spiro atoms. The van der Waals surface area contributed by atoms with Crippen molar-refractivity contribution in [1.82, 2.24) is 5.32 Å². The number of halogens is 3. The van der Waals surface area contributed by atoms with E-state index in [0.29, 0.717) is 12.2 Å². The quantitative estimate of drug-likeness (QED) is 0.185. The van der Waals surface area contributed by atoms with Crippen molar-refractivity contribution in [3.05, 3.63) is 90.0 Å². The summed E-state index contributed by atoms with van der Waals surface area (Å²) in [6, 6.07) is 18.6. The van der Waals surface area contributed by atoms with Gasteiger partial charge in [0.05, 0.1) is 12.3 Å². The zero-order chi connectivity index (χ0) is 30.7. The van der Waals surface area contributed by atoms with Crippen LogP contribution in [-0.2, 0) is 16.1 Å². The number of urea groups is 1. The Kier molecular flexibility index (Phi) is 11.4. The molecule has 13 heteroatoms. The van der Waals surface area contributed by atoms with Crippen LogP contribution in [0.1, 0.15) is 22.8 Å². The van der Waals surface area contributed by atoms with Gasteiger partial charge in [0.1, 0.15) is 18.5 Å². The number of anilines is 2. The van der Waals surface area contributed by atoms with E-state index in [-0.39, 0.29) is 41.8 Å². The number of rotatable bonds is 12. The SMILES string of the molecule is CC(=O)c1cccc(N(OC(=O)C(F)(F)F)C(=O)Nc2ccc(C[C@@H](CO)NC[C@H](O)COc3ccccc3)cc2)c1. The second kappa shape index (κ2) is 15.0. The molecule has 10 nitrogen and oxygen atoms in total. The second-order valence-electron chi connectivity index (χ2n) is 9.17. The summed E-state index contributed by atoms with van der Waals surface area (Å²) in [6.07, 6.45) is -5.85. The standard InChI is InChI=1S/C29H30F3N3O7/c1-19(37)21-6-5-7-24(15-21)35(42-27(39)29(30,31)32)28(40)34-22-12-10-20(11-13-22)14-23(17-36)33-16-25(38)18-41-26-8-3-2-4-9-26/h2-13,15,23,25,33,36,38H,14,16-18H2,1H3,(H,34,40)/t23-,25-/m0/s1. The Balaban J connectivity index is 1.60. The summed E-state index contributed by atoms with van der Waals surface area (Å²) in [5.74, 6) is -2.42. The largest absolute Gasteiger partial charge is 0.493 e. The fourth-order valence-electron chi connectivity index (χ4n) is 3.65. The van der Waals surface area contributed by atoms with Crippen molar-refractivity contribution in [3.8, 4) is 5.75 Å². The van der Waals surface area contributed by atoms with Gasteiger partial charge in [-0.1, -0.05) is 42.5 Å². The number of Topliss-reactive ketones (excluding diaryl/α,β-unsaturated/α-hetero) is 1. The highest BCUT2D eigenvalue weighted by Gasteiger charge is 2.44. The van der Waals surface area contributed by atoms with Crippen LogP contribution in [0.2, 0.25) is 0 Å². The molecule has 3 aromatic rings. The van der Waals surface area contributed by atoms with Crippen molar-refractivity contribution in [2.45, 2.75) is 31.7 Å². The van der Waals surface area contributed by atoms with Crippen LogP contribution in [0, 0.1) is 0 Å². The van der Waals surface area contributed by atoms with Gasteiger partial charge >= 0.3 is 18.2 Å². The van der Waals surface area contributed by atoms with Crippen LogP contribution in [0.3, 0.4) is 0 Å². The van der Waals surface area contributed by atoms with Crippen LogP contribution in [0.25, 0.3) is 0 Å². The van der Waals surface area contributed by atoms with E-state index in [0.717, 1.165) is 11.6 Å². The van der Waals surface area contributed by atoms with E-state index in [1.165, 1.54) is 37.3 Å². The van der Waals surface area contributed by atoms with Crippen molar-refractivity contribution in [2.24, 2.45) is 0 Å². The van der Waals surface area contributed by atoms with E-state index in [4.69, 9.17) is 4.74 Å². The predicted octanol–water partition coefficient (Wildman–Crippen LogP) is 3.88. The molecule has 0 unspecified atom stereocenters. The molecule has 2 atom stereocenters. The van der Waals surface area contributed by atoms with Crippen LogP contribution in [0.15, 0.2) is 78.9 Å². The molecule has 0 bridgehead atoms. The number of hydrogen-bond donors (Lipinski definition) is 4. The molecule has 3 aromatic carbocycles. The number of carbonyl (C=O) groups excluding carboxylic acids is 3. The number of nitrogens with one attached hydrogen (secondary N) is 2. The van der Waals surface area contributed by atoms with Crippen molar-refractivity contribution in [2.75, 3.05) is 30.1 Å². The number of hydroxylamine groups is 1. The van der Waals surface area contributed by atoms with E-state index in [1.54, 1.807) is 24.3 Å². The van der Waals surface area contributed by atoms with Crippen LogP contribution in [-0.4, -0.2) is 66.1 Å². The molecule has 224 valence electrons. The number of ether oxygens (including phenoxy) is 1. The van der Waals surface area contributed by atoms with Gasteiger partial charge in [-0.3, -0.25) is 4.79 Å². The summed E-state index contributed by atoms with van der Waals surface area (Å²) in [5, 5.41) is 25.5. The van der Waals surface area contributed by atoms with Crippen LogP contribution >= 0.6 is 0 Å². The topological polar surface area (TPSA) is 137 Å². The van der Waals surface area contributed by atoms with Crippen molar-refractivity contribution < 1.29 is 47.3 Å². The lowest BCUT2D eigenvalue weighted by atomic mass is 10.1. The molecular weight excluding hydrogens is 559 g/mol. The van der Waals surface area contributed by atoms with E-state index in [2.05, 4.69) is 15.5 Å². The summed E-state index contributed by atoms with van der Waals surface area (Å²) in [7, 11) is 0. The van der Waals surface area contributed by atoms with Crippen molar-refractivity contribution in [3.63, 3.8) is 0 Å². The van der Waals surface area contributed by atoms with Crippen molar-refractivity contribution in [1.29, 1.82) is 0 Å². The van der Waals surface area contributed by atoms with Gasteiger partial charge in [0.15, 0.2) is 5.78 Å². The minimum atomic E-state index is -5.37. The molecule has 4 N–H and O–H groups in total. The first-order valence-electron chi connectivity index (χ1n) is 12.8. The second-order valence-corrected chi connectivity index (χ2v) is 9.17. The van der Waals surface area contributed by atoms with Gasteiger partial charge in [0.25, 0.3) is 0 Å². The monoisotopic (exact) mass is 589 g/mol. The lowest BCUT2D eigenvalue weighted by molar-refractivity contribution is -0.199. The summed E-state index contributed by atoms with van der Waals surface area (Å²) in [5.41, 5.74) is 0.717. The zero-order valence-electron chi connectivity index (χ0n) is 22.5. The number of carbonyl (C=O) groups is 3. The first-order chi connectivity index (χ1) is 20.0. The number of aliphatic hydroxyl groups is 2. The highest BCUT2D eigenvalue weighted by atomic mass is 19.4. The van der Waals surface area contributed by atoms with E-state index < -0.39 is 36.1 Å². The molecule has 2 amide bonds. The van der Waals surface area contributed by atoms with Gasteiger partial charge in [0, 0.05) is 23.8 Å². The molecule has 0 aliphatic heterocycles. The third kappa shape index (κ3) is 9.87. The Morgan fingerprint density at radius 1 is 0.976 bits per heavy atom. The number of ketones is 1. The van der Waals surface area contributed by atoms with Gasteiger partial charge in [-0.05, 0) is 55.3 Å². The molecule has 0 aliphatic carbocycles. The average molecular weight is 590 g/mol. The van der Waals surface area contributed by atoms with Gasteiger partial charge < -0.3 is 30.4 Å². The number of aliphatic hydroxyl groups excluding tert-OH is 2. The lowest BCUT2D eigenvalue weighted by Gasteiger charge is -2.22. The van der Waals surface area contributed by atoms with Gasteiger partial charge in [-0.25, -0.2) is 9.59 Å². The minimum Gasteiger partial charge on any atom is -0.491 e. The Bertz CT molecular complexity index is 1340. The first-order valence-corrected chi connectivity index (χ1v) is 12.8. The zero-order valence-corrected chi connectivity index (χ0v) is 22.5. The maximum absolute atomic E-state index is 12.9. The van der Waals surface area contributed by atoms with Crippen LogP contribution in [0.5, 0.6) is 5.75 Å². The summed E-state index contributed by atoms with van der Waals surface area (Å²) >= 11 is 0. The van der Waals surface area contributed by atoms with E-state index >= 15 is 0 Å². The smallest absolute Gasteiger partial charge is 0.491 e. The maximum Gasteiger partial charge on any atom is 0.493 e. The number of nitrogens with zero attached hydrogens (tertiary/aromatic N) is 1. The number of hydrogen-bond acceptors (Lipinski definition) is 8. The van der Waals surface area contributed by atoms with Crippen LogP contribution < -0.4 is 20.4 Å². The van der Waals surface area contributed by atoms with E-state index in [1.807, 2.05) is 18.2 Å². The molecule has 0 aliphatic rings. The molecule has 0 heterocycles. The molecule has 0 aromatic heterocycles. The minimum absolute atomic E-state index is 0.0535. The fourth-order valence-corrected chi connectivity index (χ4v) is 3.65. The third-order valence-corrected chi connectivity index (χ3v) is 5.81. The molecule has 0 saturated carbocycles. The third-order valence-electron chi connectivity index (χ3n) is 5.81. The van der Waals surface area contributed by atoms with Gasteiger partial charge in [-0.2, -0.15) is 13.2 Å². The average Bonchev–Trinajstić information content (AvgIpc) is 2.97. The molecule has 0 fully saturated rings.